The second-order valence-electron chi connectivity index (χ2n) is 30.8. The standard InChI is InChI=1S/C30H38O7S.C19H20F6O6S2.C14H20F2O5S/c31-27(36-16-29-10-18-1-19(11-29)3-20(2-18)12-29)24-7-25(9-26(8-24)38(33,34)35)28(32)37-17-30-13-21-4-22(14-30)6-23(5-21)15-30;20-17(21,18(22,23)32(26,27)28)19(24,25)33(29,30)31-15-3-1-14(2-4-15)16-8-11-5-12(9-16)7-13(6-11)10-16;1-8(14(15,16)22(18,19)20)21-12(17)13-5-9-2-10(6-13)4-11(3-9)7-13/h7-9,18-23H,1-6,10-17H2,(H,33,34,35);1-4,11-13H,5-10H2,(H,26,27,28);8-11H,2-7H2,1H3,(H,18,19,20). The van der Waals surface area contributed by atoms with Gasteiger partial charge >= 0.3 is 69.9 Å². The molecule has 0 radical (unpaired) electrons. The molecule has 16 aliphatic rings. The second kappa shape index (κ2) is 23.5. The van der Waals surface area contributed by atoms with Gasteiger partial charge in [0.2, 0.25) is 0 Å². The van der Waals surface area contributed by atoms with Crippen LogP contribution >= 0.6 is 0 Å². The highest BCUT2D eigenvalue weighted by Crippen LogP contribution is 2.64. The van der Waals surface area contributed by atoms with Crippen molar-refractivity contribution >= 4 is 58.4 Å². The van der Waals surface area contributed by atoms with E-state index < -0.39 is 102 Å². The number of esters is 3. The summed E-state index contributed by atoms with van der Waals surface area (Å²) in [5, 5.41) is -18.0. The van der Waals surface area contributed by atoms with Gasteiger partial charge in [-0.2, -0.15) is 68.8 Å². The first-order valence-corrected chi connectivity index (χ1v) is 37.9. The van der Waals surface area contributed by atoms with Gasteiger partial charge in [-0.3, -0.25) is 18.5 Å². The van der Waals surface area contributed by atoms with Gasteiger partial charge in [0.15, 0.2) is 6.10 Å². The molecule has 93 heavy (non-hydrogen) atoms. The quantitative estimate of drug-likeness (QED) is 0.0411. The van der Waals surface area contributed by atoms with Gasteiger partial charge in [0, 0.05) is 10.8 Å². The lowest BCUT2D eigenvalue weighted by Crippen LogP contribution is -2.61. The number of hydrogen-bond donors (Lipinski definition) is 3. The molecule has 518 valence electrons. The first-order chi connectivity index (χ1) is 43.0. The van der Waals surface area contributed by atoms with Gasteiger partial charge in [-0.1, -0.05) is 12.1 Å². The first-order valence-electron chi connectivity index (χ1n) is 32.2. The molecule has 0 heterocycles. The van der Waals surface area contributed by atoms with Crippen molar-refractivity contribution in [3.8, 4) is 5.75 Å². The number of hydrogen-bond acceptors (Lipinski definition) is 15. The molecule has 3 N–H and O–H groups in total. The van der Waals surface area contributed by atoms with E-state index in [2.05, 4.69) is 4.18 Å². The van der Waals surface area contributed by atoms with E-state index in [9.17, 15) is 87.7 Å². The van der Waals surface area contributed by atoms with Crippen molar-refractivity contribution in [2.24, 2.45) is 87.3 Å². The molecule has 0 saturated heterocycles. The molecule has 0 amide bonds. The Balaban J connectivity index is 0.000000139. The Labute approximate surface area is 535 Å². The molecule has 16 bridgehead atoms. The van der Waals surface area contributed by atoms with Gasteiger partial charge in [0.05, 0.1) is 34.7 Å². The summed E-state index contributed by atoms with van der Waals surface area (Å²) in [6, 6.07) is 8.31. The van der Waals surface area contributed by atoms with Gasteiger partial charge in [-0.15, -0.1) is 0 Å². The van der Waals surface area contributed by atoms with Crippen LogP contribution < -0.4 is 4.18 Å². The molecule has 0 spiro atoms. The minimum absolute atomic E-state index is 0.0185. The van der Waals surface area contributed by atoms with Crippen LogP contribution in [0.4, 0.5) is 35.1 Å². The van der Waals surface area contributed by atoms with Crippen molar-refractivity contribution in [3.63, 3.8) is 0 Å². The maximum absolute atomic E-state index is 14.0. The first kappa shape index (κ1) is 68.7. The van der Waals surface area contributed by atoms with Crippen molar-refractivity contribution in [2.75, 3.05) is 13.2 Å². The fourth-order valence-corrected chi connectivity index (χ4v) is 23.9. The molecule has 1 unspecified atom stereocenters. The van der Waals surface area contributed by atoms with E-state index >= 15 is 0 Å². The molecule has 16 aliphatic carbocycles. The molecule has 18 rings (SSSR count). The Morgan fingerprint density at radius 2 is 0.817 bits per heavy atom. The summed E-state index contributed by atoms with van der Waals surface area (Å²) in [6.45, 7) is 1.43. The molecular weight excluding hydrogens is 1320 g/mol. The van der Waals surface area contributed by atoms with E-state index in [1.54, 1.807) is 0 Å². The van der Waals surface area contributed by atoms with Crippen LogP contribution in [-0.4, -0.2) is 106 Å². The third kappa shape index (κ3) is 12.9. The topological polar surface area (TPSA) is 285 Å². The van der Waals surface area contributed by atoms with E-state index in [1.807, 2.05) is 0 Å². The van der Waals surface area contributed by atoms with Gasteiger partial charge < -0.3 is 18.4 Å². The molecule has 2 aromatic rings. The predicted octanol–water partition coefficient (Wildman–Crippen LogP) is 12.9. The van der Waals surface area contributed by atoms with E-state index in [1.165, 1.54) is 56.7 Å². The van der Waals surface area contributed by atoms with E-state index in [-0.39, 0.29) is 27.4 Å². The monoisotopic (exact) mass is 1400 g/mol. The molecule has 16 saturated carbocycles. The van der Waals surface area contributed by atoms with E-state index in [0.717, 1.165) is 169 Å². The molecule has 16 fully saturated rings. The third-order valence-corrected chi connectivity index (χ3v) is 27.7. The zero-order valence-electron chi connectivity index (χ0n) is 51.1. The van der Waals surface area contributed by atoms with Gasteiger partial charge in [-0.25, -0.2) is 9.59 Å². The van der Waals surface area contributed by atoms with Gasteiger partial charge in [0.1, 0.15) is 5.75 Å². The summed E-state index contributed by atoms with van der Waals surface area (Å²) in [4.78, 5) is 38.2. The number of ether oxygens (including phenoxy) is 3. The van der Waals surface area contributed by atoms with Crippen LogP contribution in [0.15, 0.2) is 47.4 Å². The molecule has 0 aliphatic heterocycles. The van der Waals surface area contributed by atoms with Gasteiger partial charge in [-0.05, 0) is 273 Å². The van der Waals surface area contributed by atoms with E-state index in [0.29, 0.717) is 68.0 Å². The highest BCUT2D eigenvalue weighted by Gasteiger charge is 2.83. The van der Waals surface area contributed by atoms with Crippen molar-refractivity contribution in [1.82, 2.24) is 0 Å². The summed E-state index contributed by atoms with van der Waals surface area (Å²) in [7, 11) is -24.1. The molecule has 30 heteroatoms. The molecule has 2 aromatic carbocycles. The lowest BCUT2D eigenvalue weighted by Gasteiger charge is -2.57. The average Bonchev–Trinajstić information content (AvgIpc) is 0.745. The molecule has 18 nitrogen and oxygen atoms in total. The second-order valence-corrected chi connectivity index (χ2v) is 36.8. The largest absolute Gasteiger partial charge is 0.462 e. The minimum Gasteiger partial charge on any atom is -0.462 e. The number of rotatable bonds is 18. The Hall–Kier alpha value is -4.23. The number of benzene rings is 2. The highest BCUT2D eigenvalue weighted by molar-refractivity contribution is 7.89. The van der Waals surface area contributed by atoms with Crippen LogP contribution in [0.5, 0.6) is 5.75 Å². The number of alkyl halides is 8. The number of carbonyl (C=O) groups excluding carboxylic acids is 3. The van der Waals surface area contributed by atoms with Crippen LogP contribution in [0, 0.1) is 87.3 Å². The zero-order valence-corrected chi connectivity index (χ0v) is 54.3. The minimum atomic E-state index is -7.09. The lowest BCUT2D eigenvalue weighted by molar-refractivity contribution is -0.247. The maximum Gasteiger partial charge on any atom is 0.450 e. The summed E-state index contributed by atoms with van der Waals surface area (Å²) >= 11 is 0. The third-order valence-electron chi connectivity index (χ3n) is 23.7. The summed E-state index contributed by atoms with van der Waals surface area (Å²) in [5.74, 6) is -2.59. The van der Waals surface area contributed by atoms with Crippen LogP contribution in [0.2, 0.25) is 0 Å². The summed E-state index contributed by atoms with van der Waals surface area (Å²) in [5.41, 5.74) is -0.131. The van der Waals surface area contributed by atoms with Crippen molar-refractivity contribution in [2.45, 2.75) is 199 Å². The smallest absolute Gasteiger partial charge is 0.450 e. The predicted molar refractivity (Wildman–Crippen MR) is 313 cm³/mol. The lowest BCUT2D eigenvalue weighted by atomic mass is 9.48. The fourth-order valence-electron chi connectivity index (χ4n) is 21.4. The molecular formula is C63H78F8O18S4. The van der Waals surface area contributed by atoms with Crippen LogP contribution in [0.3, 0.4) is 0 Å². The Bertz CT molecular complexity index is 3530. The fraction of sp³-hybridized carbons (Fsp3) is 0.762. The zero-order chi connectivity index (χ0) is 67.3. The van der Waals surface area contributed by atoms with Crippen LogP contribution in [0.1, 0.15) is 187 Å². The Morgan fingerprint density at radius 1 is 0.484 bits per heavy atom. The van der Waals surface area contributed by atoms with Crippen molar-refractivity contribution in [1.29, 1.82) is 0 Å². The van der Waals surface area contributed by atoms with E-state index in [4.69, 9.17) is 23.3 Å². The SMILES string of the molecule is CC(OC(=O)C12CC3CC(CC(C3)C1)C2)C(F)(F)S(=O)(=O)O.O=C(OCC12CC3CC(CC(C3)C1)C2)c1cc(C(=O)OCC23CC4CC(CC(C4)C2)C3)cc(S(=O)(=O)O)c1.O=S(=O)(O)C(F)(F)C(F)(F)C(F)(F)S(=O)(=O)Oc1ccc(C23CC4CC(CC(C4)C2)C3)cc1. The summed E-state index contributed by atoms with van der Waals surface area (Å²) in [6.07, 6.45) is 23.4. The van der Waals surface area contributed by atoms with Crippen LogP contribution in [0.25, 0.3) is 0 Å². The normalized spacial score (nSPS) is 36.5. The number of halogens is 8. The van der Waals surface area contributed by atoms with Crippen LogP contribution in [-0.2, 0) is 64.9 Å². The molecule has 1 atom stereocenters. The van der Waals surface area contributed by atoms with Crippen molar-refractivity contribution in [3.05, 3.63) is 59.2 Å². The average molecular weight is 1400 g/mol. The maximum atomic E-state index is 14.0. The Kier molecular flexibility index (Phi) is 17.3. The molecule has 0 aromatic heterocycles. The Morgan fingerprint density at radius 3 is 1.14 bits per heavy atom. The highest BCUT2D eigenvalue weighted by atomic mass is 32.2. The van der Waals surface area contributed by atoms with Gasteiger partial charge in [0.25, 0.3) is 10.1 Å². The number of carbonyl (C=O) groups is 3. The summed E-state index contributed by atoms with van der Waals surface area (Å²) < 4.78 is 246. The van der Waals surface area contributed by atoms with Crippen molar-refractivity contribution < 1.29 is 115 Å².